The molecule has 0 amide bonds. The van der Waals surface area contributed by atoms with Crippen LogP contribution in [0.2, 0.25) is 0 Å². The van der Waals surface area contributed by atoms with E-state index in [1.165, 1.54) is 18.5 Å². The van der Waals surface area contributed by atoms with E-state index in [0.29, 0.717) is 6.04 Å². The summed E-state index contributed by atoms with van der Waals surface area (Å²) in [5, 5.41) is 8.30. The Balaban J connectivity index is 1.96. The first-order valence-corrected chi connectivity index (χ1v) is 7.47. The van der Waals surface area contributed by atoms with Gasteiger partial charge < -0.3 is 5.32 Å². The van der Waals surface area contributed by atoms with E-state index in [2.05, 4.69) is 55.7 Å². The highest BCUT2D eigenvalue weighted by Gasteiger charge is 2.27. The molecule has 0 aliphatic heterocycles. The van der Waals surface area contributed by atoms with Crippen LogP contribution in [0.5, 0.6) is 0 Å². The molecule has 1 heterocycles. The van der Waals surface area contributed by atoms with Gasteiger partial charge in [0.2, 0.25) is 0 Å². The Kier molecular flexibility index (Phi) is 4.46. The SMILES string of the molecule is C=CC(C)(CNC1CC1)Cc1ccn(C(C)CC)n1. The van der Waals surface area contributed by atoms with Gasteiger partial charge in [-0.1, -0.05) is 19.9 Å². The maximum Gasteiger partial charge on any atom is 0.0633 e. The summed E-state index contributed by atoms with van der Waals surface area (Å²) in [6, 6.07) is 3.37. The zero-order chi connectivity index (χ0) is 13.9. The predicted molar refractivity (Wildman–Crippen MR) is 80.3 cm³/mol. The molecule has 2 rings (SSSR count). The summed E-state index contributed by atoms with van der Waals surface area (Å²) in [7, 11) is 0. The second kappa shape index (κ2) is 5.91. The molecule has 1 aliphatic rings. The van der Waals surface area contributed by atoms with Gasteiger partial charge in [0.05, 0.1) is 5.69 Å². The molecule has 0 saturated heterocycles. The Hall–Kier alpha value is -1.09. The van der Waals surface area contributed by atoms with Crippen LogP contribution in [0.3, 0.4) is 0 Å². The molecule has 1 fully saturated rings. The van der Waals surface area contributed by atoms with E-state index in [0.717, 1.165) is 25.4 Å². The Labute approximate surface area is 117 Å². The average molecular weight is 261 g/mol. The zero-order valence-corrected chi connectivity index (χ0v) is 12.5. The van der Waals surface area contributed by atoms with Crippen LogP contribution >= 0.6 is 0 Å². The quantitative estimate of drug-likeness (QED) is 0.727. The molecular formula is C16H27N3. The molecule has 1 aliphatic carbocycles. The van der Waals surface area contributed by atoms with E-state index in [4.69, 9.17) is 5.10 Å². The number of aromatic nitrogens is 2. The molecule has 3 heteroatoms. The van der Waals surface area contributed by atoms with Crippen molar-refractivity contribution in [2.45, 2.75) is 58.5 Å². The van der Waals surface area contributed by atoms with Crippen molar-refractivity contribution in [3.8, 4) is 0 Å². The molecule has 0 radical (unpaired) electrons. The van der Waals surface area contributed by atoms with Crippen LogP contribution in [0, 0.1) is 5.41 Å². The molecular weight excluding hydrogens is 234 g/mol. The van der Waals surface area contributed by atoms with Gasteiger partial charge in [0.25, 0.3) is 0 Å². The molecule has 2 unspecified atom stereocenters. The summed E-state index contributed by atoms with van der Waals surface area (Å²) in [5.74, 6) is 0. The Morgan fingerprint density at radius 3 is 2.95 bits per heavy atom. The van der Waals surface area contributed by atoms with E-state index >= 15 is 0 Å². The first-order chi connectivity index (χ1) is 9.06. The van der Waals surface area contributed by atoms with Crippen molar-refractivity contribution in [2.24, 2.45) is 5.41 Å². The number of rotatable bonds is 8. The lowest BCUT2D eigenvalue weighted by Crippen LogP contribution is -2.33. The van der Waals surface area contributed by atoms with Gasteiger partial charge in [-0.15, -0.1) is 6.58 Å². The highest BCUT2D eigenvalue weighted by molar-refractivity contribution is 5.08. The summed E-state index contributed by atoms with van der Waals surface area (Å²) in [6.07, 6.45) is 8.90. The normalized spacial score (nSPS) is 19.9. The van der Waals surface area contributed by atoms with Crippen LogP contribution < -0.4 is 5.32 Å². The summed E-state index contributed by atoms with van der Waals surface area (Å²) in [5.41, 5.74) is 1.26. The van der Waals surface area contributed by atoms with Gasteiger partial charge in [-0.05, 0) is 32.3 Å². The maximum atomic E-state index is 4.70. The van der Waals surface area contributed by atoms with Crippen LogP contribution in [-0.4, -0.2) is 22.4 Å². The van der Waals surface area contributed by atoms with Crippen LogP contribution in [0.4, 0.5) is 0 Å². The third-order valence-corrected chi connectivity index (χ3v) is 4.16. The number of hydrogen-bond acceptors (Lipinski definition) is 2. The summed E-state index contributed by atoms with van der Waals surface area (Å²) >= 11 is 0. The highest BCUT2D eigenvalue weighted by atomic mass is 15.3. The second-order valence-electron chi connectivity index (χ2n) is 6.23. The Bertz CT molecular complexity index is 419. The third kappa shape index (κ3) is 3.93. The fourth-order valence-corrected chi connectivity index (χ4v) is 2.19. The first kappa shape index (κ1) is 14.3. The summed E-state index contributed by atoms with van der Waals surface area (Å²) in [4.78, 5) is 0. The van der Waals surface area contributed by atoms with Gasteiger partial charge in [-0.2, -0.15) is 5.10 Å². The molecule has 1 saturated carbocycles. The minimum atomic E-state index is 0.0945. The summed E-state index contributed by atoms with van der Waals surface area (Å²) < 4.78 is 2.08. The van der Waals surface area contributed by atoms with Crippen LogP contribution in [0.25, 0.3) is 0 Å². The van der Waals surface area contributed by atoms with E-state index in [1.807, 2.05) is 0 Å². The Morgan fingerprint density at radius 2 is 2.37 bits per heavy atom. The number of nitrogens with one attached hydrogen (secondary N) is 1. The molecule has 0 spiro atoms. The van der Waals surface area contributed by atoms with Crippen molar-refractivity contribution < 1.29 is 0 Å². The summed E-state index contributed by atoms with van der Waals surface area (Å²) in [6.45, 7) is 11.7. The molecule has 1 aromatic rings. The maximum absolute atomic E-state index is 4.70. The second-order valence-corrected chi connectivity index (χ2v) is 6.23. The third-order valence-electron chi connectivity index (χ3n) is 4.16. The topological polar surface area (TPSA) is 29.9 Å². The molecule has 0 bridgehead atoms. The molecule has 3 nitrogen and oxygen atoms in total. The fraction of sp³-hybridized carbons (Fsp3) is 0.688. The van der Waals surface area contributed by atoms with E-state index in [9.17, 15) is 0 Å². The lowest BCUT2D eigenvalue weighted by molar-refractivity contribution is 0.380. The van der Waals surface area contributed by atoms with E-state index in [-0.39, 0.29) is 5.41 Å². The average Bonchev–Trinajstić information content (AvgIpc) is 3.14. The van der Waals surface area contributed by atoms with Gasteiger partial charge in [-0.25, -0.2) is 0 Å². The van der Waals surface area contributed by atoms with Crippen molar-refractivity contribution >= 4 is 0 Å². The number of hydrogen-bond donors (Lipinski definition) is 1. The predicted octanol–water partition coefficient (Wildman–Crippen LogP) is 3.34. The Morgan fingerprint density at radius 1 is 1.63 bits per heavy atom. The van der Waals surface area contributed by atoms with E-state index in [1.54, 1.807) is 0 Å². The van der Waals surface area contributed by atoms with Crippen LogP contribution in [0.15, 0.2) is 24.9 Å². The standard InChI is InChI=1S/C16H27N3/c1-5-13(3)19-10-9-15(18-19)11-16(4,6-2)12-17-14-7-8-14/h6,9-10,13-14,17H,2,5,7-8,11-12H2,1,3-4H3. The van der Waals surface area contributed by atoms with E-state index < -0.39 is 0 Å². The number of nitrogens with zero attached hydrogens (tertiary/aromatic N) is 2. The van der Waals surface area contributed by atoms with Crippen molar-refractivity contribution in [2.75, 3.05) is 6.54 Å². The lowest BCUT2D eigenvalue weighted by atomic mass is 9.85. The van der Waals surface area contributed by atoms with Crippen LogP contribution in [-0.2, 0) is 6.42 Å². The van der Waals surface area contributed by atoms with Gasteiger partial charge in [-0.3, -0.25) is 4.68 Å². The van der Waals surface area contributed by atoms with Crippen molar-refractivity contribution in [1.82, 2.24) is 15.1 Å². The molecule has 0 aromatic carbocycles. The van der Waals surface area contributed by atoms with Crippen molar-refractivity contribution in [3.05, 3.63) is 30.6 Å². The van der Waals surface area contributed by atoms with Gasteiger partial charge in [0.1, 0.15) is 0 Å². The molecule has 1 N–H and O–H groups in total. The molecule has 2 atom stereocenters. The minimum absolute atomic E-state index is 0.0945. The fourth-order valence-electron chi connectivity index (χ4n) is 2.19. The van der Waals surface area contributed by atoms with Gasteiger partial charge in [0, 0.05) is 36.7 Å². The largest absolute Gasteiger partial charge is 0.313 e. The van der Waals surface area contributed by atoms with Crippen LogP contribution in [0.1, 0.15) is 51.8 Å². The van der Waals surface area contributed by atoms with Gasteiger partial charge >= 0.3 is 0 Å². The smallest absolute Gasteiger partial charge is 0.0633 e. The van der Waals surface area contributed by atoms with Crippen molar-refractivity contribution in [3.63, 3.8) is 0 Å². The highest BCUT2D eigenvalue weighted by Crippen LogP contribution is 2.26. The minimum Gasteiger partial charge on any atom is -0.313 e. The van der Waals surface area contributed by atoms with Crippen molar-refractivity contribution in [1.29, 1.82) is 0 Å². The molecule has 106 valence electrons. The molecule has 1 aromatic heterocycles. The monoisotopic (exact) mass is 261 g/mol. The zero-order valence-electron chi connectivity index (χ0n) is 12.5. The van der Waals surface area contributed by atoms with Gasteiger partial charge in [0.15, 0.2) is 0 Å². The lowest BCUT2D eigenvalue weighted by Gasteiger charge is -2.25. The first-order valence-electron chi connectivity index (χ1n) is 7.47. The molecule has 19 heavy (non-hydrogen) atoms.